The van der Waals surface area contributed by atoms with Gasteiger partial charge in [0.15, 0.2) is 0 Å². The van der Waals surface area contributed by atoms with Crippen LogP contribution in [-0.2, 0) is 22.9 Å². The SMILES string of the molecule is CCCc1c(OCCCCN2C(=O)NC(C)(c3ccc(OCC)cc3)C2=O)ccc2c(C(F)(F)F)cc(=O)oc12. The minimum atomic E-state index is -4.71. The fourth-order valence-electron chi connectivity index (χ4n) is 4.82. The monoisotopic (exact) mass is 560 g/mol. The highest BCUT2D eigenvalue weighted by Crippen LogP contribution is 2.37. The van der Waals surface area contributed by atoms with Gasteiger partial charge in [-0.1, -0.05) is 25.5 Å². The van der Waals surface area contributed by atoms with Crippen molar-refractivity contribution in [2.24, 2.45) is 0 Å². The number of halogens is 3. The number of hydrogen-bond donors (Lipinski definition) is 1. The van der Waals surface area contributed by atoms with Crippen molar-refractivity contribution in [1.82, 2.24) is 10.2 Å². The first-order valence-electron chi connectivity index (χ1n) is 13.2. The van der Waals surface area contributed by atoms with Gasteiger partial charge in [-0.05, 0) is 62.9 Å². The lowest BCUT2D eigenvalue weighted by atomic mass is 9.92. The molecule has 0 spiro atoms. The zero-order valence-corrected chi connectivity index (χ0v) is 22.5. The second kappa shape index (κ2) is 11.6. The molecular weight excluding hydrogens is 529 g/mol. The molecule has 1 aromatic heterocycles. The minimum absolute atomic E-state index is 0.132. The molecule has 1 saturated heterocycles. The lowest BCUT2D eigenvalue weighted by Gasteiger charge is -2.22. The molecule has 2 aromatic carbocycles. The molecule has 11 heteroatoms. The van der Waals surface area contributed by atoms with E-state index in [1.807, 2.05) is 13.8 Å². The summed E-state index contributed by atoms with van der Waals surface area (Å²) in [5.41, 5.74) is -2.43. The molecule has 1 N–H and O–H groups in total. The molecule has 0 radical (unpaired) electrons. The standard InChI is InChI=1S/C29H31F3N2O6/c1-4-8-21-23(14-13-20-22(29(30,31)32)17-24(35)40-25(20)21)39-16-7-6-15-34-26(36)28(3,33-27(34)37)18-9-11-19(12-10-18)38-5-2/h9-14,17H,4-8,15-16H2,1-3H3,(H,33,37). The predicted octanol–water partition coefficient (Wildman–Crippen LogP) is 5.79. The Morgan fingerprint density at radius 1 is 1.00 bits per heavy atom. The van der Waals surface area contributed by atoms with Crippen molar-refractivity contribution in [2.75, 3.05) is 19.8 Å². The number of hydrogen-bond acceptors (Lipinski definition) is 6. The summed E-state index contributed by atoms with van der Waals surface area (Å²) >= 11 is 0. The number of imide groups is 1. The van der Waals surface area contributed by atoms with Crippen molar-refractivity contribution in [3.63, 3.8) is 0 Å². The summed E-state index contributed by atoms with van der Waals surface area (Å²) in [4.78, 5) is 38.8. The summed E-state index contributed by atoms with van der Waals surface area (Å²) in [6.07, 6.45) is -2.85. The molecule has 1 unspecified atom stereocenters. The van der Waals surface area contributed by atoms with E-state index >= 15 is 0 Å². The Morgan fingerprint density at radius 2 is 1.73 bits per heavy atom. The smallest absolute Gasteiger partial charge is 0.417 e. The normalized spacial score (nSPS) is 17.4. The molecule has 8 nitrogen and oxygen atoms in total. The van der Waals surface area contributed by atoms with Gasteiger partial charge in [0.05, 0.1) is 18.8 Å². The summed E-state index contributed by atoms with van der Waals surface area (Å²) in [7, 11) is 0. The van der Waals surface area contributed by atoms with Gasteiger partial charge in [0.1, 0.15) is 22.6 Å². The molecule has 2 heterocycles. The van der Waals surface area contributed by atoms with Crippen molar-refractivity contribution in [3.05, 3.63) is 69.6 Å². The highest BCUT2D eigenvalue weighted by molar-refractivity contribution is 6.07. The molecule has 4 rings (SSSR count). The molecule has 214 valence electrons. The van der Waals surface area contributed by atoms with Gasteiger partial charge in [-0.3, -0.25) is 9.69 Å². The van der Waals surface area contributed by atoms with Gasteiger partial charge >= 0.3 is 17.8 Å². The summed E-state index contributed by atoms with van der Waals surface area (Å²) in [5.74, 6) is 0.632. The zero-order valence-electron chi connectivity index (χ0n) is 22.5. The Hall–Kier alpha value is -4.02. The van der Waals surface area contributed by atoms with Gasteiger partial charge in [-0.2, -0.15) is 13.2 Å². The third-order valence-corrected chi connectivity index (χ3v) is 6.83. The first-order chi connectivity index (χ1) is 19.0. The Kier molecular flexibility index (Phi) is 8.41. The van der Waals surface area contributed by atoms with Gasteiger partial charge in [0, 0.05) is 23.6 Å². The van der Waals surface area contributed by atoms with Crippen LogP contribution in [0.15, 0.2) is 51.7 Å². The van der Waals surface area contributed by atoms with Crippen LogP contribution in [0.5, 0.6) is 11.5 Å². The van der Waals surface area contributed by atoms with Crippen LogP contribution in [0.25, 0.3) is 11.0 Å². The molecule has 0 aliphatic carbocycles. The van der Waals surface area contributed by atoms with E-state index in [2.05, 4.69) is 5.32 Å². The number of unbranched alkanes of at least 4 members (excludes halogenated alkanes) is 1. The molecule has 0 saturated carbocycles. The Morgan fingerprint density at radius 3 is 2.38 bits per heavy atom. The fraction of sp³-hybridized carbons (Fsp3) is 0.414. The highest BCUT2D eigenvalue weighted by Gasteiger charge is 2.48. The van der Waals surface area contributed by atoms with Crippen LogP contribution >= 0.6 is 0 Å². The topological polar surface area (TPSA) is 98.1 Å². The van der Waals surface area contributed by atoms with E-state index in [9.17, 15) is 27.6 Å². The van der Waals surface area contributed by atoms with Crippen LogP contribution in [0, 0.1) is 0 Å². The minimum Gasteiger partial charge on any atom is -0.494 e. The summed E-state index contributed by atoms with van der Waals surface area (Å²) in [5, 5.41) is 2.57. The van der Waals surface area contributed by atoms with Gasteiger partial charge in [0.25, 0.3) is 5.91 Å². The number of carbonyl (C=O) groups excluding carboxylic acids is 2. The van der Waals surface area contributed by atoms with Crippen LogP contribution < -0.4 is 20.4 Å². The molecule has 1 atom stereocenters. The van der Waals surface area contributed by atoms with Crippen molar-refractivity contribution >= 4 is 22.9 Å². The summed E-state index contributed by atoms with van der Waals surface area (Å²) in [6, 6.07) is 9.64. The third kappa shape index (κ3) is 5.78. The second-order valence-corrected chi connectivity index (χ2v) is 9.67. The van der Waals surface area contributed by atoms with Crippen molar-refractivity contribution < 1.29 is 36.7 Å². The van der Waals surface area contributed by atoms with Crippen molar-refractivity contribution in [3.8, 4) is 11.5 Å². The number of alkyl halides is 3. The summed E-state index contributed by atoms with van der Waals surface area (Å²) < 4.78 is 57.0. The first kappa shape index (κ1) is 29.0. The Labute approximate surface area is 229 Å². The first-order valence-corrected chi connectivity index (χ1v) is 13.2. The number of rotatable bonds is 11. The third-order valence-electron chi connectivity index (χ3n) is 6.83. The summed E-state index contributed by atoms with van der Waals surface area (Å²) in [6.45, 7) is 6.25. The molecular formula is C29H31F3N2O6. The maximum atomic E-state index is 13.5. The van der Waals surface area contributed by atoms with Gasteiger partial charge in [-0.15, -0.1) is 0 Å². The number of aryl methyl sites for hydroxylation is 1. The predicted molar refractivity (Wildman–Crippen MR) is 141 cm³/mol. The van der Waals surface area contributed by atoms with Crippen LogP contribution in [0.4, 0.5) is 18.0 Å². The van der Waals surface area contributed by atoms with E-state index in [-0.39, 0.29) is 30.0 Å². The molecule has 1 aliphatic heterocycles. The molecule has 0 bridgehead atoms. The lowest BCUT2D eigenvalue weighted by molar-refractivity contribution is -0.136. The van der Waals surface area contributed by atoms with E-state index in [4.69, 9.17) is 13.9 Å². The number of carbonyl (C=O) groups is 2. The maximum Gasteiger partial charge on any atom is 0.417 e. The maximum absolute atomic E-state index is 13.5. The average molecular weight is 561 g/mol. The molecule has 3 aromatic rings. The van der Waals surface area contributed by atoms with Crippen LogP contribution in [-0.4, -0.2) is 36.6 Å². The van der Waals surface area contributed by atoms with E-state index in [1.165, 1.54) is 17.0 Å². The molecule has 1 fully saturated rings. The molecule has 3 amide bonds. The molecule has 1 aliphatic rings. The van der Waals surface area contributed by atoms with Crippen molar-refractivity contribution in [1.29, 1.82) is 0 Å². The van der Waals surface area contributed by atoms with E-state index < -0.39 is 28.9 Å². The zero-order chi connectivity index (χ0) is 29.1. The van der Waals surface area contributed by atoms with Crippen LogP contribution in [0.3, 0.4) is 0 Å². The Balaban J connectivity index is 1.40. The van der Waals surface area contributed by atoms with Gasteiger partial charge in [0.2, 0.25) is 0 Å². The highest BCUT2D eigenvalue weighted by atomic mass is 19.4. The van der Waals surface area contributed by atoms with Crippen LogP contribution in [0.2, 0.25) is 0 Å². The second-order valence-electron chi connectivity index (χ2n) is 9.67. The number of urea groups is 1. The number of nitrogens with one attached hydrogen (secondary N) is 1. The lowest BCUT2D eigenvalue weighted by Crippen LogP contribution is -2.41. The van der Waals surface area contributed by atoms with E-state index in [0.717, 1.165) is 0 Å². The fourth-order valence-corrected chi connectivity index (χ4v) is 4.82. The van der Waals surface area contributed by atoms with Crippen LogP contribution in [0.1, 0.15) is 56.7 Å². The van der Waals surface area contributed by atoms with Gasteiger partial charge < -0.3 is 19.2 Å². The number of benzene rings is 2. The molecule has 40 heavy (non-hydrogen) atoms. The van der Waals surface area contributed by atoms with E-state index in [1.54, 1.807) is 31.2 Å². The quantitative estimate of drug-likeness (QED) is 0.181. The number of amides is 3. The number of nitrogens with zero attached hydrogens (tertiary/aromatic N) is 1. The number of fused-ring (bicyclic) bond motifs is 1. The van der Waals surface area contributed by atoms with E-state index in [0.29, 0.717) is 61.0 Å². The largest absolute Gasteiger partial charge is 0.494 e. The average Bonchev–Trinajstić information content (AvgIpc) is 3.12. The van der Waals surface area contributed by atoms with Gasteiger partial charge in [-0.25, -0.2) is 9.59 Å². The van der Waals surface area contributed by atoms with Crippen molar-refractivity contribution in [2.45, 2.75) is 58.2 Å². The number of ether oxygens (including phenoxy) is 2. The Bertz CT molecular complexity index is 1450.